The van der Waals surface area contributed by atoms with Crippen LogP contribution in [0.3, 0.4) is 0 Å². The molecule has 1 aliphatic rings. The predicted molar refractivity (Wildman–Crippen MR) is 60.0 cm³/mol. The van der Waals surface area contributed by atoms with E-state index in [0.29, 0.717) is 0 Å². The van der Waals surface area contributed by atoms with Crippen LogP contribution >= 0.6 is 0 Å². The first-order valence-corrected chi connectivity index (χ1v) is 5.22. The molecule has 1 fully saturated rings. The number of hydrogen-bond donors (Lipinski definition) is 0. The molecule has 2 heteroatoms. The molecule has 0 aliphatic carbocycles. The second kappa shape index (κ2) is 4.77. The first-order valence-electron chi connectivity index (χ1n) is 5.22. The Morgan fingerprint density at radius 1 is 1.33 bits per heavy atom. The molecule has 1 aromatic carbocycles. The summed E-state index contributed by atoms with van der Waals surface area (Å²) in [4.78, 5) is 2.37. The predicted octanol–water partition coefficient (Wildman–Crippen LogP) is 2.34. The topological polar surface area (TPSA) is 27.0 Å². The molecule has 0 amide bonds. The van der Waals surface area contributed by atoms with Gasteiger partial charge in [-0.3, -0.25) is 4.90 Å². The lowest BCUT2D eigenvalue weighted by Gasteiger charge is -2.13. The molecule has 1 aromatic rings. The largest absolute Gasteiger partial charge is 0.295 e. The number of hydrogen-bond acceptors (Lipinski definition) is 2. The highest BCUT2D eigenvalue weighted by Crippen LogP contribution is 2.17. The van der Waals surface area contributed by atoms with Gasteiger partial charge < -0.3 is 0 Å². The highest BCUT2D eigenvalue weighted by molar-refractivity contribution is 5.20. The maximum absolute atomic E-state index is 8.56. The fourth-order valence-electron chi connectivity index (χ4n) is 1.93. The van der Waals surface area contributed by atoms with Crippen molar-refractivity contribution in [2.75, 3.05) is 13.1 Å². The normalized spacial score (nSPS) is 19.3. The molecule has 76 valence electrons. The number of nitriles is 1. The minimum atomic E-state index is 0.947. The zero-order valence-electron chi connectivity index (χ0n) is 8.69. The lowest BCUT2D eigenvalue weighted by Crippen LogP contribution is -2.18. The maximum atomic E-state index is 8.56. The molecule has 0 bridgehead atoms. The summed E-state index contributed by atoms with van der Waals surface area (Å²) in [6, 6.07) is 12.6. The van der Waals surface area contributed by atoms with Gasteiger partial charge in [0.2, 0.25) is 0 Å². The van der Waals surface area contributed by atoms with E-state index in [9.17, 15) is 0 Å². The first-order chi connectivity index (χ1) is 7.38. The third-order valence-electron chi connectivity index (χ3n) is 2.69. The Morgan fingerprint density at radius 2 is 2.13 bits per heavy atom. The highest BCUT2D eigenvalue weighted by atomic mass is 15.1. The fraction of sp³-hybridized carbons (Fsp3) is 0.308. The molecule has 0 aromatic heterocycles. The Kier molecular flexibility index (Phi) is 3.16. The molecule has 0 radical (unpaired) electrons. The van der Waals surface area contributed by atoms with Crippen molar-refractivity contribution in [1.82, 2.24) is 4.90 Å². The third-order valence-corrected chi connectivity index (χ3v) is 2.69. The van der Waals surface area contributed by atoms with E-state index >= 15 is 0 Å². The van der Waals surface area contributed by atoms with Crippen LogP contribution in [-0.2, 0) is 6.54 Å². The van der Waals surface area contributed by atoms with E-state index in [2.05, 4.69) is 35.2 Å². The summed E-state index contributed by atoms with van der Waals surface area (Å²) >= 11 is 0. The SMILES string of the molecule is N#C/C=C1\CCN(Cc2ccccc2)C1. The molecule has 0 N–H and O–H groups in total. The van der Waals surface area contributed by atoms with Crippen molar-refractivity contribution in [3.63, 3.8) is 0 Å². The number of allylic oxidation sites excluding steroid dienone is 1. The third kappa shape index (κ3) is 2.68. The highest BCUT2D eigenvalue weighted by Gasteiger charge is 2.15. The van der Waals surface area contributed by atoms with Crippen LogP contribution in [-0.4, -0.2) is 18.0 Å². The van der Waals surface area contributed by atoms with E-state index < -0.39 is 0 Å². The van der Waals surface area contributed by atoms with Crippen molar-refractivity contribution in [3.05, 3.63) is 47.5 Å². The van der Waals surface area contributed by atoms with Crippen molar-refractivity contribution in [2.24, 2.45) is 0 Å². The summed E-state index contributed by atoms with van der Waals surface area (Å²) in [6.45, 7) is 3.01. The van der Waals surface area contributed by atoms with Gasteiger partial charge in [-0.2, -0.15) is 5.26 Å². The van der Waals surface area contributed by atoms with E-state index in [1.165, 1.54) is 11.1 Å². The van der Waals surface area contributed by atoms with Crippen LogP contribution in [0.25, 0.3) is 0 Å². The summed E-state index contributed by atoms with van der Waals surface area (Å²) in [5, 5.41) is 8.56. The van der Waals surface area contributed by atoms with Crippen LogP contribution in [0.1, 0.15) is 12.0 Å². The minimum Gasteiger partial charge on any atom is -0.295 e. The number of benzene rings is 1. The van der Waals surface area contributed by atoms with Crippen LogP contribution in [0.15, 0.2) is 42.0 Å². The zero-order chi connectivity index (χ0) is 10.5. The van der Waals surface area contributed by atoms with Crippen LogP contribution in [0.5, 0.6) is 0 Å². The van der Waals surface area contributed by atoms with Gasteiger partial charge in [0, 0.05) is 25.7 Å². The van der Waals surface area contributed by atoms with E-state index in [0.717, 1.165) is 26.1 Å². The standard InChI is InChI=1S/C13H14N2/c14-8-6-13-7-9-15(11-13)10-12-4-2-1-3-5-12/h1-6H,7,9-11H2/b13-6+. The quantitative estimate of drug-likeness (QED) is 0.682. The Labute approximate surface area is 90.4 Å². The molecule has 1 heterocycles. The van der Waals surface area contributed by atoms with Gasteiger partial charge in [-0.1, -0.05) is 30.3 Å². The van der Waals surface area contributed by atoms with Crippen LogP contribution in [0, 0.1) is 11.3 Å². The summed E-state index contributed by atoms with van der Waals surface area (Å²) in [5.41, 5.74) is 2.60. The Morgan fingerprint density at radius 3 is 2.87 bits per heavy atom. The molecule has 0 atom stereocenters. The Bertz CT molecular complexity index is 387. The van der Waals surface area contributed by atoms with Gasteiger partial charge in [-0.25, -0.2) is 0 Å². The molecule has 0 saturated carbocycles. The van der Waals surface area contributed by atoms with Crippen molar-refractivity contribution in [1.29, 1.82) is 5.26 Å². The van der Waals surface area contributed by atoms with Crippen molar-refractivity contribution < 1.29 is 0 Å². The minimum absolute atomic E-state index is 0.947. The van der Waals surface area contributed by atoms with Gasteiger partial charge in [-0.15, -0.1) is 0 Å². The molecule has 0 spiro atoms. The number of rotatable bonds is 2. The molecular weight excluding hydrogens is 184 g/mol. The van der Waals surface area contributed by atoms with Gasteiger partial charge in [0.25, 0.3) is 0 Å². The fourth-order valence-corrected chi connectivity index (χ4v) is 1.93. The van der Waals surface area contributed by atoms with E-state index in [1.54, 1.807) is 6.08 Å². The molecule has 15 heavy (non-hydrogen) atoms. The first kappa shape index (κ1) is 9.95. The van der Waals surface area contributed by atoms with E-state index in [-0.39, 0.29) is 0 Å². The molecule has 2 rings (SSSR count). The van der Waals surface area contributed by atoms with Gasteiger partial charge in [-0.05, 0) is 17.6 Å². The van der Waals surface area contributed by atoms with Crippen molar-refractivity contribution in [2.45, 2.75) is 13.0 Å². The van der Waals surface area contributed by atoms with E-state index in [4.69, 9.17) is 5.26 Å². The van der Waals surface area contributed by atoms with Crippen LogP contribution in [0.4, 0.5) is 0 Å². The lowest BCUT2D eigenvalue weighted by molar-refractivity contribution is 0.337. The number of likely N-dealkylation sites (tertiary alicyclic amines) is 1. The molecule has 2 nitrogen and oxygen atoms in total. The van der Waals surface area contributed by atoms with Crippen molar-refractivity contribution in [3.8, 4) is 6.07 Å². The summed E-state index contributed by atoms with van der Waals surface area (Å²) < 4.78 is 0. The average molecular weight is 198 g/mol. The lowest BCUT2D eigenvalue weighted by atomic mass is 10.2. The van der Waals surface area contributed by atoms with Gasteiger partial charge in [0.1, 0.15) is 0 Å². The smallest absolute Gasteiger partial charge is 0.0912 e. The Hall–Kier alpha value is -1.59. The second-order valence-electron chi connectivity index (χ2n) is 3.88. The van der Waals surface area contributed by atoms with Gasteiger partial charge >= 0.3 is 0 Å². The maximum Gasteiger partial charge on any atom is 0.0912 e. The van der Waals surface area contributed by atoms with Crippen molar-refractivity contribution >= 4 is 0 Å². The molecule has 0 unspecified atom stereocenters. The second-order valence-corrected chi connectivity index (χ2v) is 3.88. The summed E-state index contributed by atoms with van der Waals surface area (Å²) in [5.74, 6) is 0. The van der Waals surface area contributed by atoms with Gasteiger partial charge in [0.15, 0.2) is 0 Å². The molecule has 1 aliphatic heterocycles. The average Bonchev–Trinajstić information content (AvgIpc) is 2.68. The molecular formula is C13H14N2. The van der Waals surface area contributed by atoms with Crippen LogP contribution in [0.2, 0.25) is 0 Å². The summed E-state index contributed by atoms with van der Waals surface area (Å²) in [7, 11) is 0. The Balaban J connectivity index is 1.94. The van der Waals surface area contributed by atoms with E-state index in [1.807, 2.05) is 6.07 Å². The monoisotopic (exact) mass is 198 g/mol. The van der Waals surface area contributed by atoms with Gasteiger partial charge in [0.05, 0.1) is 6.07 Å². The molecule has 1 saturated heterocycles. The van der Waals surface area contributed by atoms with Crippen LogP contribution < -0.4 is 0 Å². The summed E-state index contributed by atoms with van der Waals surface area (Å²) in [6.07, 6.45) is 2.73. The zero-order valence-corrected chi connectivity index (χ0v) is 8.69. The number of nitrogens with zero attached hydrogens (tertiary/aromatic N) is 2.